The number of aliphatic hydroxyl groups excluding tert-OH is 1. The lowest BCUT2D eigenvalue weighted by atomic mass is 9.52. The third-order valence-electron chi connectivity index (χ3n) is 3.76. The number of aliphatic hydroxyl groups is 1. The number of carboxylic acid groups (broad SMARTS) is 1. The molecule has 1 rings (SSSR count). The number of aliphatic carboxylic acids is 1. The van der Waals surface area contributed by atoms with E-state index in [0.29, 0.717) is 12.8 Å². The van der Waals surface area contributed by atoms with Gasteiger partial charge in [-0.2, -0.15) is 0 Å². The highest BCUT2D eigenvalue weighted by atomic mass is 16.4. The van der Waals surface area contributed by atoms with Crippen LogP contribution in [0, 0.1) is 10.8 Å². The molecule has 0 radical (unpaired) electrons. The summed E-state index contributed by atoms with van der Waals surface area (Å²) in [5.74, 6) is -0.760. The van der Waals surface area contributed by atoms with Gasteiger partial charge in [-0.1, -0.05) is 20.8 Å². The normalized spacial score (nSPS) is 34.0. The second kappa shape index (κ2) is 2.98. The van der Waals surface area contributed by atoms with Crippen LogP contribution in [0.1, 0.15) is 40.0 Å². The lowest BCUT2D eigenvalue weighted by Gasteiger charge is -2.51. The number of hydrogen-bond donors (Lipinski definition) is 2. The molecule has 13 heavy (non-hydrogen) atoms. The molecule has 0 bridgehead atoms. The van der Waals surface area contributed by atoms with Crippen LogP contribution in [0.3, 0.4) is 0 Å². The molecule has 0 heterocycles. The van der Waals surface area contributed by atoms with Gasteiger partial charge in [-0.25, -0.2) is 0 Å². The van der Waals surface area contributed by atoms with Crippen LogP contribution in [0.2, 0.25) is 0 Å². The molecule has 0 atom stereocenters. The summed E-state index contributed by atoms with van der Waals surface area (Å²) in [6.07, 6.45) is 1.22. The van der Waals surface area contributed by atoms with Crippen molar-refractivity contribution in [2.75, 3.05) is 0 Å². The molecule has 0 amide bonds. The standard InChI is InChI=1S/C10H18O3/c1-4-9(2,3)10(8(12)13)5-7(11)6-10/h7,11H,4-6H2,1-3H3,(H,12,13). The Bertz CT molecular complexity index is 214. The fourth-order valence-corrected chi connectivity index (χ4v) is 2.10. The highest BCUT2D eigenvalue weighted by Crippen LogP contribution is 2.55. The Morgan fingerprint density at radius 2 is 2.00 bits per heavy atom. The van der Waals surface area contributed by atoms with Crippen molar-refractivity contribution in [3.05, 3.63) is 0 Å². The van der Waals surface area contributed by atoms with E-state index in [9.17, 15) is 9.90 Å². The van der Waals surface area contributed by atoms with Gasteiger partial charge in [0, 0.05) is 0 Å². The first-order valence-electron chi connectivity index (χ1n) is 4.77. The highest BCUT2D eigenvalue weighted by Gasteiger charge is 2.58. The van der Waals surface area contributed by atoms with Crippen LogP contribution in [-0.4, -0.2) is 22.3 Å². The van der Waals surface area contributed by atoms with Crippen molar-refractivity contribution in [1.82, 2.24) is 0 Å². The first kappa shape index (κ1) is 10.5. The van der Waals surface area contributed by atoms with Crippen molar-refractivity contribution in [1.29, 1.82) is 0 Å². The number of carboxylic acids is 1. The molecule has 1 fully saturated rings. The van der Waals surface area contributed by atoms with E-state index in [4.69, 9.17) is 5.11 Å². The SMILES string of the molecule is CCC(C)(C)C1(C(=O)O)CC(O)C1. The maximum Gasteiger partial charge on any atom is 0.310 e. The first-order valence-corrected chi connectivity index (χ1v) is 4.77. The molecule has 1 aliphatic rings. The Morgan fingerprint density at radius 3 is 2.23 bits per heavy atom. The van der Waals surface area contributed by atoms with Gasteiger partial charge in [0.2, 0.25) is 0 Å². The van der Waals surface area contributed by atoms with Crippen molar-refractivity contribution in [2.45, 2.75) is 46.1 Å². The van der Waals surface area contributed by atoms with Gasteiger partial charge in [0.1, 0.15) is 0 Å². The molecule has 3 heteroatoms. The predicted molar refractivity (Wildman–Crippen MR) is 49.4 cm³/mol. The Labute approximate surface area is 78.8 Å². The predicted octanol–water partition coefficient (Wildman–Crippen LogP) is 1.65. The summed E-state index contributed by atoms with van der Waals surface area (Å²) >= 11 is 0. The van der Waals surface area contributed by atoms with Crippen LogP contribution < -0.4 is 0 Å². The summed E-state index contributed by atoms with van der Waals surface area (Å²) in [4.78, 5) is 11.1. The number of carbonyl (C=O) groups is 1. The topological polar surface area (TPSA) is 57.5 Å². The van der Waals surface area contributed by atoms with E-state index in [-0.39, 0.29) is 5.41 Å². The molecule has 0 aromatic carbocycles. The van der Waals surface area contributed by atoms with E-state index in [1.807, 2.05) is 20.8 Å². The molecule has 0 saturated heterocycles. The fourth-order valence-electron chi connectivity index (χ4n) is 2.10. The summed E-state index contributed by atoms with van der Waals surface area (Å²) in [7, 11) is 0. The molecular formula is C10H18O3. The van der Waals surface area contributed by atoms with Gasteiger partial charge in [0.15, 0.2) is 0 Å². The molecule has 0 aliphatic heterocycles. The van der Waals surface area contributed by atoms with Crippen LogP contribution in [0.15, 0.2) is 0 Å². The smallest absolute Gasteiger partial charge is 0.310 e. The Hall–Kier alpha value is -0.570. The fraction of sp³-hybridized carbons (Fsp3) is 0.900. The maximum atomic E-state index is 11.1. The quantitative estimate of drug-likeness (QED) is 0.704. The van der Waals surface area contributed by atoms with E-state index in [1.54, 1.807) is 0 Å². The van der Waals surface area contributed by atoms with Gasteiger partial charge in [-0.3, -0.25) is 4.79 Å². The third-order valence-corrected chi connectivity index (χ3v) is 3.76. The van der Waals surface area contributed by atoms with Crippen LogP contribution in [-0.2, 0) is 4.79 Å². The van der Waals surface area contributed by atoms with Crippen molar-refractivity contribution in [3.8, 4) is 0 Å². The van der Waals surface area contributed by atoms with Gasteiger partial charge >= 0.3 is 5.97 Å². The Morgan fingerprint density at radius 1 is 1.54 bits per heavy atom. The summed E-state index contributed by atoms with van der Waals surface area (Å²) in [5, 5.41) is 18.4. The van der Waals surface area contributed by atoms with E-state index in [0.717, 1.165) is 6.42 Å². The molecular weight excluding hydrogens is 168 g/mol. The average molecular weight is 186 g/mol. The van der Waals surface area contributed by atoms with Crippen molar-refractivity contribution < 1.29 is 15.0 Å². The van der Waals surface area contributed by atoms with E-state index in [1.165, 1.54) is 0 Å². The molecule has 1 aliphatic carbocycles. The summed E-state index contributed by atoms with van der Waals surface area (Å²) in [5.41, 5.74) is -0.917. The second-order valence-corrected chi connectivity index (χ2v) is 4.69. The lowest BCUT2D eigenvalue weighted by molar-refractivity contribution is -0.180. The summed E-state index contributed by atoms with van der Waals surface area (Å²) in [6, 6.07) is 0. The number of hydrogen-bond acceptors (Lipinski definition) is 2. The lowest BCUT2D eigenvalue weighted by Crippen LogP contribution is -2.55. The van der Waals surface area contributed by atoms with Crippen LogP contribution in [0.4, 0.5) is 0 Å². The maximum absolute atomic E-state index is 11.1. The molecule has 0 spiro atoms. The van der Waals surface area contributed by atoms with Gasteiger partial charge < -0.3 is 10.2 Å². The zero-order chi connectivity index (χ0) is 10.3. The molecule has 76 valence electrons. The molecule has 0 aromatic rings. The first-order chi connectivity index (χ1) is 5.85. The monoisotopic (exact) mass is 186 g/mol. The van der Waals surface area contributed by atoms with E-state index in [2.05, 4.69) is 0 Å². The Kier molecular flexibility index (Phi) is 2.41. The summed E-state index contributed by atoms with van der Waals surface area (Å²) in [6.45, 7) is 5.93. The summed E-state index contributed by atoms with van der Waals surface area (Å²) < 4.78 is 0. The van der Waals surface area contributed by atoms with E-state index >= 15 is 0 Å². The van der Waals surface area contributed by atoms with Crippen LogP contribution in [0.25, 0.3) is 0 Å². The molecule has 3 nitrogen and oxygen atoms in total. The Balaban J connectivity index is 2.88. The zero-order valence-corrected chi connectivity index (χ0v) is 8.50. The largest absolute Gasteiger partial charge is 0.481 e. The second-order valence-electron chi connectivity index (χ2n) is 4.69. The van der Waals surface area contributed by atoms with E-state index < -0.39 is 17.5 Å². The third kappa shape index (κ3) is 1.35. The molecule has 0 aromatic heterocycles. The number of rotatable bonds is 3. The van der Waals surface area contributed by atoms with Crippen LogP contribution >= 0.6 is 0 Å². The highest BCUT2D eigenvalue weighted by molar-refractivity contribution is 5.77. The minimum Gasteiger partial charge on any atom is -0.481 e. The minimum absolute atomic E-state index is 0.224. The average Bonchev–Trinajstić information content (AvgIpc) is 1.97. The molecule has 0 unspecified atom stereocenters. The van der Waals surface area contributed by atoms with Gasteiger partial charge in [0.25, 0.3) is 0 Å². The molecule has 2 N–H and O–H groups in total. The van der Waals surface area contributed by atoms with Gasteiger partial charge in [0.05, 0.1) is 11.5 Å². The van der Waals surface area contributed by atoms with Gasteiger partial charge in [-0.05, 0) is 24.7 Å². The van der Waals surface area contributed by atoms with Crippen LogP contribution in [0.5, 0.6) is 0 Å². The molecule has 1 saturated carbocycles. The van der Waals surface area contributed by atoms with Crippen molar-refractivity contribution >= 4 is 5.97 Å². The minimum atomic E-state index is -0.760. The van der Waals surface area contributed by atoms with Gasteiger partial charge in [-0.15, -0.1) is 0 Å². The zero-order valence-electron chi connectivity index (χ0n) is 8.50. The van der Waals surface area contributed by atoms with Crippen molar-refractivity contribution in [2.24, 2.45) is 10.8 Å². The van der Waals surface area contributed by atoms with Crippen molar-refractivity contribution in [3.63, 3.8) is 0 Å².